The van der Waals surface area contributed by atoms with Crippen LogP contribution in [0.1, 0.15) is 87.4 Å². The molecule has 1 aromatic heterocycles. The van der Waals surface area contributed by atoms with Crippen molar-refractivity contribution in [1.82, 2.24) is 4.98 Å². The van der Waals surface area contributed by atoms with Crippen LogP contribution in [0.2, 0.25) is 0 Å². The van der Waals surface area contributed by atoms with Gasteiger partial charge in [0.05, 0.1) is 0 Å². The molecule has 1 aromatic rings. The summed E-state index contributed by atoms with van der Waals surface area (Å²) in [5.41, 5.74) is 6.87. The second-order valence-electron chi connectivity index (χ2n) is 6.01. The first-order chi connectivity index (χ1) is 7.77. The summed E-state index contributed by atoms with van der Waals surface area (Å²) < 4.78 is 0. The van der Waals surface area contributed by atoms with Crippen molar-refractivity contribution < 1.29 is 0 Å². The van der Waals surface area contributed by atoms with Gasteiger partial charge in [-0.3, -0.25) is 4.98 Å². The minimum Gasteiger partial charge on any atom is -0.257 e. The Balaban J connectivity index is 3.58. The molecular weight excluding hydrogens is 206 g/mol. The normalized spacial score (nSPS) is 11.9. The molecule has 0 fully saturated rings. The van der Waals surface area contributed by atoms with Gasteiger partial charge in [-0.05, 0) is 48.3 Å². The SMILES string of the molecule is Cc1c(C(C)C)nc(C(C)C)c(C)c1C(C)C. The summed E-state index contributed by atoms with van der Waals surface area (Å²) >= 11 is 0. The van der Waals surface area contributed by atoms with Crippen LogP contribution in [-0.4, -0.2) is 4.98 Å². The minimum absolute atomic E-state index is 0.505. The van der Waals surface area contributed by atoms with Crippen molar-refractivity contribution >= 4 is 0 Å². The standard InChI is InChI=1S/C16H27N/c1-9(2)14-12(7)15(10(3)4)17-16(11(5)6)13(14)8/h9-11H,1-8H3. The molecule has 0 spiro atoms. The van der Waals surface area contributed by atoms with Gasteiger partial charge in [-0.15, -0.1) is 0 Å². The van der Waals surface area contributed by atoms with E-state index in [1.807, 2.05) is 0 Å². The Morgan fingerprint density at radius 3 is 1.24 bits per heavy atom. The van der Waals surface area contributed by atoms with E-state index < -0.39 is 0 Å². The molecule has 96 valence electrons. The zero-order valence-corrected chi connectivity index (χ0v) is 12.7. The van der Waals surface area contributed by atoms with Gasteiger partial charge < -0.3 is 0 Å². The van der Waals surface area contributed by atoms with E-state index in [1.165, 1.54) is 28.1 Å². The molecule has 1 heteroatoms. The second-order valence-corrected chi connectivity index (χ2v) is 6.01. The molecule has 17 heavy (non-hydrogen) atoms. The van der Waals surface area contributed by atoms with E-state index in [-0.39, 0.29) is 0 Å². The Morgan fingerprint density at radius 1 is 0.647 bits per heavy atom. The highest BCUT2D eigenvalue weighted by Gasteiger charge is 2.19. The summed E-state index contributed by atoms with van der Waals surface area (Å²) in [5, 5.41) is 0. The summed E-state index contributed by atoms with van der Waals surface area (Å²) in [7, 11) is 0. The molecule has 0 saturated carbocycles. The van der Waals surface area contributed by atoms with E-state index in [1.54, 1.807) is 0 Å². The maximum atomic E-state index is 4.91. The lowest BCUT2D eigenvalue weighted by Gasteiger charge is -2.23. The number of nitrogens with zero attached hydrogens (tertiary/aromatic N) is 1. The zero-order chi connectivity index (χ0) is 13.3. The van der Waals surface area contributed by atoms with E-state index in [4.69, 9.17) is 4.98 Å². The quantitative estimate of drug-likeness (QED) is 0.710. The third-order valence-corrected chi connectivity index (χ3v) is 3.49. The Morgan fingerprint density at radius 2 is 1.00 bits per heavy atom. The van der Waals surface area contributed by atoms with E-state index in [0.717, 1.165) is 0 Å². The minimum atomic E-state index is 0.505. The maximum Gasteiger partial charge on any atom is 0.0464 e. The van der Waals surface area contributed by atoms with Crippen LogP contribution in [0.25, 0.3) is 0 Å². The average Bonchev–Trinajstić information content (AvgIpc) is 2.15. The molecule has 0 N–H and O–H groups in total. The molecule has 0 aliphatic heterocycles. The summed E-state index contributed by atoms with van der Waals surface area (Å²) in [6.07, 6.45) is 0. The molecule has 1 heterocycles. The van der Waals surface area contributed by atoms with Crippen LogP contribution in [0, 0.1) is 13.8 Å². The van der Waals surface area contributed by atoms with E-state index in [2.05, 4.69) is 55.4 Å². The first-order valence-electron chi connectivity index (χ1n) is 6.78. The molecule has 0 bridgehead atoms. The predicted molar refractivity (Wildman–Crippen MR) is 76.0 cm³/mol. The Hall–Kier alpha value is -0.850. The van der Waals surface area contributed by atoms with Crippen molar-refractivity contribution in [3.05, 3.63) is 28.1 Å². The monoisotopic (exact) mass is 233 g/mol. The van der Waals surface area contributed by atoms with E-state index in [0.29, 0.717) is 17.8 Å². The van der Waals surface area contributed by atoms with E-state index in [9.17, 15) is 0 Å². The zero-order valence-electron chi connectivity index (χ0n) is 12.7. The Bertz CT molecular complexity index is 368. The van der Waals surface area contributed by atoms with Crippen molar-refractivity contribution in [2.24, 2.45) is 0 Å². The van der Waals surface area contributed by atoms with Crippen LogP contribution in [0.4, 0.5) is 0 Å². The number of rotatable bonds is 3. The van der Waals surface area contributed by atoms with Gasteiger partial charge in [0, 0.05) is 11.4 Å². The fourth-order valence-electron chi connectivity index (χ4n) is 2.84. The van der Waals surface area contributed by atoms with Crippen molar-refractivity contribution in [1.29, 1.82) is 0 Å². The molecule has 0 aliphatic rings. The van der Waals surface area contributed by atoms with Crippen molar-refractivity contribution in [2.75, 3.05) is 0 Å². The van der Waals surface area contributed by atoms with Gasteiger partial charge in [0.25, 0.3) is 0 Å². The van der Waals surface area contributed by atoms with Crippen LogP contribution in [-0.2, 0) is 0 Å². The third-order valence-electron chi connectivity index (χ3n) is 3.49. The van der Waals surface area contributed by atoms with E-state index >= 15 is 0 Å². The van der Waals surface area contributed by atoms with Gasteiger partial charge in [0.15, 0.2) is 0 Å². The first kappa shape index (κ1) is 14.2. The molecule has 0 aliphatic carbocycles. The van der Waals surface area contributed by atoms with Crippen LogP contribution in [0.3, 0.4) is 0 Å². The lowest BCUT2D eigenvalue weighted by molar-refractivity contribution is 0.725. The smallest absolute Gasteiger partial charge is 0.0464 e. The van der Waals surface area contributed by atoms with Crippen LogP contribution in [0.5, 0.6) is 0 Å². The highest BCUT2D eigenvalue weighted by Crippen LogP contribution is 2.32. The number of pyridine rings is 1. The van der Waals surface area contributed by atoms with Gasteiger partial charge in [-0.1, -0.05) is 41.5 Å². The van der Waals surface area contributed by atoms with Gasteiger partial charge in [-0.25, -0.2) is 0 Å². The molecule has 0 radical (unpaired) electrons. The van der Waals surface area contributed by atoms with Crippen molar-refractivity contribution in [3.8, 4) is 0 Å². The summed E-state index contributed by atoms with van der Waals surface area (Å²) in [6, 6.07) is 0. The number of hydrogen-bond acceptors (Lipinski definition) is 1. The molecule has 0 unspecified atom stereocenters. The number of aromatic nitrogens is 1. The maximum absolute atomic E-state index is 4.91. The van der Waals surface area contributed by atoms with Crippen LogP contribution >= 0.6 is 0 Å². The summed E-state index contributed by atoms with van der Waals surface area (Å²) in [6.45, 7) is 18.0. The number of hydrogen-bond donors (Lipinski definition) is 0. The van der Waals surface area contributed by atoms with Gasteiger partial charge in [-0.2, -0.15) is 0 Å². The molecule has 0 aromatic carbocycles. The fraction of sp³-hybridized carbons (Fsp3) is 0.688. The highest BCUT2D eigenvalue weighted by atomic mass is 14.7. The summed E-state index contributed by atoms with van der Waals surface area (Å²) in [4.78, 5) is 4.91. The topological polar surface area (TPSA) is 12.9 Å². The Labute approximate surface area is 107 Å². The van der Waals surface area contributed by atoms with Crippen molar-refractivity contribution in [2.45, 2.75) is 73.1 Å². The molecule has 0 saturated heterocycles. The Kier molecular flexibility index (Phi) is 4.35. The lowest BCUT2D eigenvalue weighted by Crippen LogP contribution is -2.10. The molecule has 1 nitrogen and oxygen atoms in total. The third kappa shape index (κ3) is 2.70. The van der Waals surface area contributed by atoms with Gasteiger partial charge >= 0.3 is 0 Å². The molecule has 0 atom stereocenters. The summed E-state index contributed by atoms with van der Waals surface area (Å²) in [5.74, 6) is 1.59. The van der Waals surface area contributed by atoms with Gasteiger partial charge in [0.2, 0.25) is 0 Å². The lowest BCUT2D eigenvalue weighted by atomic mass is 9.87. The molecular formula is C16H27N. The second kappa shape index (κ2) is 5.20. The largest absolute Gasteiger partial charge is 0.257 e. The predicted octanol–water partition coefficient (Wildman–Crippen LogP) is 5.07. The average molecular weight is 233 g/mol. The molecule has 0 amide bonds. The fourth-order valence-corrected chi connectivity index (χ4v) is 2.84. The van der Waals surface area contributed by atoms with Gasteiger partial charge in [0.1, 0.15) is 0 Å². The van der Waals surface area contributed by atoms with Crippen LogP contribution in [0.15, 0.2) is 0 Å². The molecule has 1 rings (SSSR count). The van der Waals surface area contributed by atoms with Crippen molar-refractivity contribution in [3.63, 3.8) is 0 Å². The van der Waals surface area contributed by atoms with Crippen LogP contribution < -0.4 is 0 Å². The highest BCUT2D eigenvalue weighted by molar-refractivity contribution is 5.43. The first-order valence-corrected chi connectivity index (χ1v) is 6.78.